The number of anilines is 1. The van der Waals surface area contributed by atoms with Gasteiger partial charge in [-0.1, -0.05) is 34.1 Å². The van der Waals surface area contributed by atoms with Crippen LogP contribution in [0, 0.1) is 39.0 Å². The zero-order valence-corrected chi connectivity index (χ0v) is 18.5. The first-order chi connectivity index (χ1) is 13.8. The van der Waals surface area contributed by atoms with Crippen LogP contribution in [0.3, 0.4) is 0 Å². The third-order valence-electron chi connectivity index (χ3n) is 5.03. The van der Waals surface area contributed by atoms with Gasteiger partial charge in [0.05, 0.1) is 0 Å². The zero-order chi connectivity index (χ0) is 21.1. The summed E-state index contributed by atoms with van der Waals surface area (Å²) in [5.41, 5.74) is 7.11. The van der Waals surface area contributed by atoms with Crippen molar-refractivity contribution in [2.45, 2.75) is 27.7 Å². The molecule has 1 N–H and O–H groups in total. The number of aryl methyl sites for hydroxylation is 2. The molecule has 2 aromatic carbocycles. The molecule has 4 nitrogen and oxygen atoms in total. The molecule has 0 aliphatic heterocycles. The normalized spacial score (nSPS) is 11.2. The van der Waals surface area contributed by atoms with E-state index in [1.165, 1.54) is 11.1 Å². The number of carbonyl (C=O) groups excluding carboxylic acids is 1. The van der Waals surface area contributed by atoms with E-state index in [0.717, 1.165) is 27.1 Å². The van der Waals surface area contributed by atoms with Crippen LogP contribution in [0.1, 0.15) is 28.1 Å². The molecule has 0 aliphatic rings. The van der Waals surface area contributed by atoms with Gasteiger partial charge in [0.15, 0.2) is 0 Å². The molecule has 1 aromatic heterocycles. The van der Waals surface area contributed by atoms with Gasteiger partial charge in [-0.05, 0) is 80.8 Å². The van der Waals surface area contributed by atoms with Gasteiger partial charge < -0.3 is 9.88 Å². The number of nitrogens with zero attached hydrogens (tertiary/aromatic N) is 2. The highest BCUT2D eigenvalue weighted by molar-refractivity contribution is 9.10. The molecule has 0 aliphatic carbocycles. The quantitative estimate of drug-likeness (QED) is 0.392. The molecular formula is C24H22BrN3O. The maximum absolute atomic E-state index is 12.6. The second-order valence-corrected chi connectivity index (χ2v) is 7.93. The molecule has 5 heteroatoms. The highest BCUT2D eigenvalue weighted by Gasteiger charge is 2.15. The summed E-state index contributed by atoms with van der Waals surface area (Å²) in [6.07, 6.45) is 1.65. The number of aromatic nitrogens is 1. The van der Waals surface area contributed by atoms with Crippen molar-refractivity contribution in [3.05, 3.63) is 86.7 Å². The topological polar surface area (TPSA) is 57.8 Å². The van der Waals surface area contributed by atoms with Crippen LogP contribution in [-0.2, 0) is 4.79 Å². The summed E-state index contributed by atoms with van der Waals surface area (Å²) in [6.45, 7) is 8.22. The SMILES string of the molecule is Cc1cccc(-n2c(C)cc(/C=C(/C#N)C(=O)Nc3cccc(Br)c3)c2C)c1C. The van der Waals surface area contributed by atoms with Gasteiger partial charge in [-0.25, -0.2) is 0 Å². The van der Waals surface area contributed by atoms with Crippen LogP contribution in [0.4, 0.5) is 5.69 Å². The standard InChI is InChI=1S/C24H22BrN3O/c1-15-7-5-10-23(17(15)3)28-16(2)11-19(18(28)4)12-20(14-26)24(29)27-22-9-6-8-21(25)13-22/h5-13H,1-4H3,(H,27,29)/b20-12-. The summed E-state index contributed by atoms with van der Waals surface area (Å²) in [6, 6.07) is 17.5. The second-order valence-electron chi connectivity index (χ2n) is 7.02. The number of nitriles is 1. The summed E-state index contributed by atoms with van der Waals surface area (Å²) in [7, 11) is 0. The lowest BCUT2D eigenvalue weighted by atomic mass is 10.1. The molecular weight excluding hydrogens is 426 g/mol. The smallest absolute Gasteiger partial charge is 0.266 e. The Morgan fingerprint density at radius 3 is 2.52 bits per heavy atom. The Morgan fingerprint density at radius 2 is 1.83 bits per heavy atom. The van der Waals surface area contributed by atoms with Crippen LogP contribution in [0.25, 0.3) is 11.8 Å². The number of amides is 1. The highest BCUT2D eigenvalue weighted by atomic mass is 79.9. The van der Waals surface area contributed by atoms with Gasteiger partial charge in [0.1, 0.15) is 11.6 Å². The lowest BCUT2D eigenvalue weighted by Gasteiger charge is -2.14. The molecule has 29 heavy (non-hydrogen) atoms. The Hall–Kier alpha value is -3.10. The Labute approximate surface area is 179 Å². The molecule has 1 heterocycles. The predicted octanol–water partition coefficient (Wildman–Crippen LogP) is 6.02. The fraction of sp³-hybridized carbons (Fsp3) is 0.167. The van der Waals surface area contributed by atoms with Gasteiger partial charge in [0.25, 0.3) is 5.91 Å². The van der Waals surface area contributed by atoms with Crippen molar-refractivity contribution in [3.63, 3.8) is 0 Å². The first-order valence-corrected chi connectivity index (χ1v) is 10.1. The molecule has 0 unspecified atom stereocenters. The minimum Gasteiger partial charge on any atom is -0.321 e. The lowest BCUT2D eigenvalue weighted by Crippen LogP contribution is -2.13. The van der Waals surface area contributed by atoms with E-state index in [1.807, 2.05) is 44.2 Å². The minimum atomic E-state index is -0.429. The molecule has 0 saturated carbocycles. The maximum Gasteiger partial charge on any atom is 0.266 e. The second kappa shape index (κ2) is 8.50. The van der Waals surface area contributed by atoms with Gasteiger partial charge in [0, 0.05) is 27.2 Å². The largest absolute Gasteiger partial charge is 0.321 e. The molecule has 0 saturated heterocycles. The van der Waals surface area contributed by atoms with E-state index in [9.17, 15) is 10.1 Å². The van der Waals surface area contributed by atoms with Crippen LogP contribution >= 0.6 is 15.9 Å². The van der Waals surface area contributed by atoms with Crippen LogP contribution in [0.5, 0.6) is 0 Å². The number of carbonyl (C=O) groups is 1. The van der Waals surface area contributed by atoms with Crippen molar-refractivity contribution in [2.24, 2.45) is 0 Å². The van der Waals surface area contributed by atoms with Gasteiger partial charge >= 0.3 is 0 Å². The van der Waals surface area contributed by atoms with Crippen molar-refractivity contribution in [3.8, 4) is 11.8 Å². The zero-order valence-electron chi connectivity index (χ0n) is 16.9. The fourth-order valence-corrected chi connectivity index (χ4v) is 3.75. The molecule has 0 bridgehead atoms. The van der Waals surface area contributed by atoms with Gasteiger partial charge in [0.2, 0.25) is 0 Å². The third-order valence-corrected chi connectivity index (χ3v) is 5.53. The summed E-state index contributed by atoms with van der Waals surface area (Å²) in [5, 5.41) is 12.3. The summed E-state index contributed by atoms with van der Waals surface area (Å²) < 4.78 is 3.02. The van der Waals surface area contributed by atoms with Crippen LogP contribution in [-0.4, -0.2) is 10.5 Å². The van der Waals surface area contributed by atoms with E-state index >= 15 is 0 Å². The van der Waals surface area contributed by atoms with Crippen molar-refractivity contribution in [1.29, 1.82) is 5.26 Å². The van der Waals surface area contributed by atoms with Crippen molar-refractivity contribution >= 4 is 33.6 Å². The van der Waals surface area contributed by atoms with E-state index in [-0.39, 0.29) is 5.57 Å². The number of halogens is 1. The molecule has 3 aromatic rings. The average molecular weight is 448 g/mol. The van der Waals surface area contributed by atoms with Crippen molar-refractivity contribution in [1.82, 2.24) is 4.57 Å². The third kappa shape index (κ3) is 4.33. The first kappa shape index (κ1) is 20.6. The maximum atomic E-state index is 12.6. The Morgan fingerprint density at radius 1 is 1.10 bits per heavy atom. The fourth-order valence-electron chi connectivity index (χ4n) is 3.35. The van der Waals surface area contributed by atoms with Gasteiger partial charge in [-0.3, -0.25) is 4.79 Å². The Balaban J connectivity index is 1.98. The van der Waals surface area contributed by atoms with Crippen LogP contribution < -0.4 is 5.32 Å². The molecule has 3 rings (SSSR count). The molecule has 0 atom stereocenters. The lowest BCUT2D eigenvalue weighted by molar-refractivity contribution is -0.112. The number of hydrogen-bond acceptors (Lipinski definition) is 2. The Kier molecular flexibility index (Phi) is 6.05. The molecule has 0 spiro atoms. The van der Waals surface area contributed by atoms with E-state index in [4.69, 9.17) is 0 Å². The van der Waals surface area contributed by atoms with E-state index in [1.54, 1.807) is 18.2 Å². The number of rotatable bonds is 4. The minimum absolute atomic E-state index is 0.0613. The average Bonchev–Trinajstić information content (AvgIpc) is 2.95. The van der Waals surface area contributed by atoms with Crippen LogP contribution in [0.2, 0.25) is 0 Å². The summed E-state index contributed by atoms with van der Waals surface area (Å²) >= 11 is 3.38. The number of hydrogen-bond donors (Lipinski definition) is 1. The monoisotopic (exact) mass is 447 g/mol. The van der Waals surface area contributed by atoms with E-state index in [2.05, 4.69) is 51.8 Å². The van der Waals surface area contributed by atoms with Crippen LogP contribution in [0.15, 0.2) is 58.6 Å². The Bertz CT molecular complexity index is 1170. The van der Waals surface area contributed by atoms with E-state index in [0.29, 0.717) is 5.69 Å². The molecule has 0 radical (unpaired) electrons. The number of nitrogens with one attached hydrogen (secondary N) is 1. The van der Waals surface area contributed by atoms with Crippen molar-refractivity contribution in [2.75, 3.05) is 5.32 Å². The van der Waals surface area contributed by atoms with Gasteiger partial charge in [-0.2, -0.15) is 5.26 Å². The molecule has 0 fully saturated rings. The molecule has 1 amide bonds. The van der Waals surface area contributed by atoms with E-state index < -0.39 is 5.91 Å². The summed E-state index contributed by atoms with van der Waals surface area (Å²) in [4.78, 5) is 12.6. The molecule has 146 valence electrons. The first-order valence-electron chi connectivity index (χ1n) is 9.26. The predicted molar refractivity (Wildman–Crippen MR) is 121 cm³/mol. The highest BCUT2D eigenvalue weighted by Crippen LogP contribution is 2.26. The number of benzene rings is 2. The van der Waals surface area contributed by atoms with Crippen molar-refractivity contribution < 1.29 is 4.79 Å². The summed E-state index contributed by atoms with van der Waals surface area (Å²) in [5.74, 6) is -0.429. The van der Waals surface area contributed by atoms with Gasteiger partial charge in [-0.15, -0.1) is 0 Å².